The number of nitrogens with two attached hydrogens (primary N) is 1. The van der Waals surface area contributed by atoms with Crippen LogP contribution in [0.5, 0.6) is 0 Å². The molecule has 4 rings (SSSR count). The molecular weight excluding hydrogens is 356 g/mol. The van der Waals surface area contributed by atoms with Crippen LogP contribution in [0.2, 0.25) is 0 Å². The summed E-state index contributed by atoms with van der Waals surface area (Å²) in [6.45, 7) is 2.05. The number of rotatable bonds is 5. The van der Waals surface area contributed by atoms with Gasteiger partial charge in [0.15, 0.2) is 0 Å². The van der Waals surface area contributed by atoms with Gasteiger partial charge in [-0.3, -0.25) is 0 Å². The van der Waals surface area contributed by atoms with Crippen molar-refractivity contribution in [3.05, 3.63) is 0 Å². The van der Waals surface area contributed by atoms with Gasteiger partial charge in [0.05, 0.1) is 0 Å². The second kappa shape index (κ2) is 7.05. The van der Waals surface area contributed by atoms with Crippen LogP contribution < -0.4 is 11.1 Å². The third-order valence-electron chi connectivity index (χ3n) is 5.17. The maximum absolute atomic E-state index is 5.55. The van der Waals surface area contributed by atoms with Gasteiger partial charge in [-0.25, -0.2) is 0 Å². The topological polar surface area (TPSA) is 38.0 Å². The molecule has 0 aromatic rings. The summed E-state index contributed by atoms with van der Waals surface area (Å²) in [4.78, 5) is 0. The van der Waals surface area contributed by atoms with Crippen molar-refractivity contribution in [3.8, 4) is 0 Å². The molecule has 0 spiro atoms. The van der Waals surface area contributed by atoms with Gasteiger partial charge in [0.25, 0.3) is 0 Å². The highest BCUT2D eigenvalue weighted by molar-refractivity contribution is 8.93. The lowest BCUT2D eigenvalue weighted by Crippen LogP contribution is -2.58. The maximum atomic E-state index is 5.55. The van der Waals surface area contributed by atoms with Crippen LogP contribution in [-0.4, -0.2) is 18.6 Å². The fourth-order valence-electron chi connectivity index (χ4n) is 4.95. The van der Waals surface area contributed by atoms with Gasteiger partial charge in [-0.05, 0) is 82.2 Å². The summed E-state index contributed by atoms with van der Waals surface area (Å²) in [6, 6.07) is 0. The Morgan fingerprint density at radius 2 is 1.39 bits per heavy atom. The minimum atomic E-state index is 0. The number of hydrogen-bond acceptors (Lipinski definition) is 2. The first-order chi connectivity index (χ1) is 7.80. The lowest BCUT2D eigenvalue weighted by Gasteiger charge is -2.57. The summed E-state index contributed by atoms with van der Waals surface area (Å²) < 4.78 is 0. The lowest BCUT2D eigenvalue weighted by atomic mass is 9.53. The van der Waals surface area contributed by atoms with Crippen LogP contribution in [0.25, 0.3) is 0 Å². The molecule has 108 valence electrons. The Kier molecular flexibility index (Phi) is 6.63. The van der Waals surface area contributed by atoms with Crippen LogP contribution >= 0.6 is 34.0 Å². The van der Waals surface area contributed by atoms with Crippen LogP contribution in [0.1, 0.15) is 51.4 Å². The average molecular weight is 384 g/mol. The summed E-state index contributed by atoms with van der Waals surface area (Å²) >= 11 is 0. The molecule has 18 heavy (non-hydrogen) atoms. The van der Waals surface area contributed by atoms with Crippen LogP contribution in [-0.2, 0) is 0 Å². The first-order valence-electron chi connectivity index (χ1n) is 7.25. The monoisotopic (exact) mass is 382 g/mol. The largest absolute Gasteiger partial charge is 0.330 e. The van der Waals surface area contributed by atoms with E-state index in [-0.39, 0.29) is 34.0 Å². The van der Waals surface area contributed by atoms with E-state index in [0.717, 1.165) is 24.3 Å². The van der Waals surface area contributed by atoms with E-state index in [9.17, 15) is 0 Å². The highest BCUT2D eigenvalue weighted by Gasteiger charge is 2.50. The minimum absolute atomic E-state index is 0. The first-order valence-corrected chi connectivity index (χ1v) is 7.25. The second-order valence-electron chi connectivity index (χ2n) is 6.62. The number of halogens is 2. The molecule has 4 heteroatoms. The lowest BCUT2D eigenvalue weighted by molar-refractivity contribution is -0.0195. The normalized spacial score (nSPS) is 40.2. The highest BCUT2D eigenvalue weighted by atomic mass is 79.9. The van der Waals surface area contributed by atoms with E-state index in [0.29, 0.717) is 5.54 Å². The van der Waals surface area contributed by atoms with Crippen LogP contribution in [0, 0.1) is 17.8 Å². The van der Waals surface area contributed by atoms with E-state index >= 15 is 0 Å². The molecular formula is C14H28Br2N2. The third-order valence-corrected chi connectivity index (χ3v) is 5.17. The number of unbranched alkanes of at least 4 members (excludes halogenated alkanes) is 1. The van der Waals surface area contributed by atoms with Crippen molar-refractivity contribution in [1.82, 2.24) is 5.32 Å². The molecule has 0 aromatic carbocycles. The summed E-state index contributed by atoms with van der Waals surface area (Å²) in [5.41, 5.74) is 6.11. The molecule has 0 aliphatic heterocycles. The Balaban J connectivity index is 0.000000810. The Hall–Kier alpha value is 0.880. The third kappa shape index (κ3) is 3.50. The molecule has 0 atom stereocenters. The predicted molar refractivity (Wildman–Crippen MR) is 87.8 cm³/mol. The fraction of sp³-hybridized carbons (Fsp3) is 1.00. The highest BCUT2D eigenvalue weighted by Crippen LogP contribution is 2.55. The summed E-state index contributed by atoms with van der Waals surface area (Å²) in [7, 11) is 0. The standard InChI is InChI=1S/C14H26N2.2BrH/c15-3-1-2-4-16-14-8-11-5-12(9-14)7-13(6-11)10-14;;/h11-13,16H,1-10,15H2;2*1H. The van der Waals surface area contributed by atoms with Crippen molar-refractivity contribution in [2.24, 2.45) is 23.5 Å². The summed E-state index contributed by atoms with van der Waals surface area (Å²) in [5, 5.41) is 3.91. The van der Waals surface area contributed by atoms with Crippen LogP contribution in [0.3, 0.4) is 0 Å². The van der Waals surface area contributed by atoms with Crippen molar-refractivity contribution >= 4 is 34.0 Å². The average Bonchev–Trinajstić information content (AvgIpc) is 2.22. The number of nitrogens with one attached hydrogen (secondary N) is 1. The van der Waals surface area contributed by atoms with Gasteiger partial charge in [0, 0.05) is 5.54 Å². The van der Waals surface area contributed by atoms with Crippen molar-refractivity contribution in [1.29, 1.82) is 0 Å². The molecule has 2 nitrogen and oxygen atoms in total. The van der Waals surface area contributed by atoms with Gasteiger partial charge in [0.2, 0.25) is 0 Å². The summed E-state index contributed by atoms with van der Waals surface area (Å²) in [6.07, 6.45) is 11.5. The molecule has 0 aromatic heterocycles. The Labute approximate surface area is 132 Å². The molecule has 4 saturated carbocycles. The van der Waals surface area contributed by atoms with Gasteiger partial charge < -0.3 is 11.1 Å². The number of hydrogen-bond donors (Lipinski definition) is 2. The van der Waals surface area contributed by atoms with Crippen LogP contribution in [0.15, 0.2) is 0 Å². The molecule has 4 aliphatic rings. The Morgan fingerprint density at radius 3 is 1.83 bits per heavy atom. The molecule has 0 unspecified atom stereocenters. The van der Waals surface area contributed by atoms with Crippen LogP contribution in [0.4, 0.5) is 0 Å². The molecule has 0 amide bonds. The summed E-state index contributed by atoms with van der Waals surface area (Å²) in [5.74, 6) is 3.19. The molecule has 0 radical (unpaired) electrons. The van der Waals surface area contributed by atoms with Gasteiger partial charge >= 0.3 is 0 Å². The Bertz CT molecular complexity index is 223. The minimum Gasteiger partial charge on any atom is -0.330 e. The van der Waals surface area contributed by atoms with E-state index in [1.54, 1.807) is 19.3 Å². The predicted octanol–water partition coefficient (Wildman–Crippen LogP) is 3.44. The Morgan fingerprint density at radius 1 is 0.889 bits per heavy atom. The molecule has 0 heterocycles. The van der Waals surface area contributed by atoms with Gasteiger partial charge in [0.1, 0.15) is 0 Å². The zero-order valence-corrected chi connectivity index (χ0v) is 14.6. The van der Waals surface area contributed by atoms with Gasteiger partial charge in [-0.1, -0.05) is 0 Å². The quantitative estimate of drug-likeness (QED) is 0.713. The van der Waals surface area contributed by atoms with Crippen molar-refractivity contribution < 1.29 is 0 Å². The SMILES string of the molecule is Br.Br.NCCCCNC12CC3CC(CC(C3)C1)C2. The zero-order chi connectivity index (χ0) is 11.0. The van der Waals surface area contributed by atoms with Gasteiger partial charge in [-0.15, -0.1) is 34.0 Å². The molecule has 0 saturated heterocycles. The van der Waals surface area contributed by atoms with E-state index < -0.39 is 0 Å². The second-order valence-corrected chi connectivity index (χ2v) is 6.62. The van der Waals surface area contributed by atoms with E-state index in [1.165, 1.54) is 38.6 Å². The maximum Gasteiger partial charge on any atom is 0.0189 e. The zero-order valence-electron chi connectivity index (χ0n) is 11.2. The molecule has 4 bridgehead atoms. The molecule has 4 aliphatic carbocycles. The van der Waals surface area contributed by atoms with Gasteiger partial charge in [-0.2, -0.15) is 0 Å². The van der Waals surface area contributed by atoms with E-state index in [4.69, 9.17) is 5.73 Å². The first kappa shape index (κ1) is 16.9. The van der Waals surface area contributed by atoms with E-state index in [2.05, 4.69) is 5.32 Å². The van der Waals surface area contributed by atoms with Crippen molar-refractivity contribution in [2.45, 2.75) is 56.9 Å². The van der Waals surface area contributed by atoms with E-state index in [1.807, 2.05) is 0 Å². The van der Waals surface area contributed by atoms with Crippen molar-refractivity contribution in [2.75, 3.05) is 13.1 Å². The molecule has 4 fully saturated rings. The fourth-order valence-corrected chi connectivity index (χ4v) is 4.95. The smallest absolute Gasteiger partial charge is 0.0189 e. The van der Waals surface area contributed by atoms with Crippen molar-refractivity contribution in [3.63, 3.8) is 0 Å². The molecule has 3 N–H and O–H groups in total.